The van der Waals surface area contributed by atoms with E-state index in [0.29, 0.717) is 12.0 Å². The highest BCUT2D eigenvalue weighted by Gasteiger charge is 2.29. The number of hydrogen-bond donors (Lipinski definition) is 0. The Bertz CT molecular complexity index is 3780. The van der Waals surface area contributed by atoms with Crippen LogP contribution in [-0.4, -0.2) is 10.6 Å². The number of hydrogen-bond acceptors (Lipinski definition) is 1. The minimum absolute atomic E-state index is 0.333. The van der Waals surface area contributed by atoms with Crippen molar-refractivity contribution >= 4 is 44.0 Å². The number of anilines is 2. The van der Waals surface area contributed by atoms with Gasteiger partial charge in [-0.05, 0) is 170 Å². The largest absolute Gasteiger partial charge is 0.338 e. The zero-order chi connectivity index (χ0) is 47.8. The van der Waals surface area contributed by atoms with Gasteiger partial charge in [-0.2, -0.15) is 0 Å². The van der Waals surface area contributed by atoms with E-state index in [0.717, 1.165) is 25.7 Å². The minimum Gasteiger partial charge on any atom is -0.338 e. The summed E-state index contributed by atoms with van der Waals surface area (Å²) in [4.78, 5) is 2.66. The van der Waals surface area contributed by atoms with Gasteiger partial charge >= 0.3 is 0 Å². The molecule has 2 nitrogen and oxygen atoms in total. The zero-order valence-corrected chi connectivity index (χ0v) is 40.3. The second-order valence-electron chi connectivity index (χ2n) is 19.5. The fourth-order valence-electron chi connectivity index (χ4n) is 11.8. The summed E-state index contributed by atoms with van der Waals surface area (Å²) in [6, 6.07) is 98.9. The smallest absolute Gasteiger partial charge is 0.0547 e. The van der Waals surface area contributed by atoms with Gasteiger partial charge in [-0.1, -0.05) is 200 Å². The molecule has 0 N–H and O–H groups in total. The molecule has 72 heavy (non-hydrogen) atoms. The Kier molecular flexibility index (Phi) is 11.4. The normalized spacial score (nSPS) is 14.7. The lowest BCUT2D eigenvalue weighted by atomic mass is 9.80. The van der Waals surface area contributed by atoms with Crippen LogP contribution in [0.1, 0.15) is 37.2 Å². The molecule has 11 aromatic carbocycles. The number of rotatable bonds is 10. The molecule has 0 aliphatic heterocycles. The highest BCUT2D eigenvalue weighted by Crippen LogP contribution is 2.44. The zero-order valence-electron chi connectivity index (χ0n) is 40.3. The van der Waals surface area contributed by atoms with Crippen LogP contribution >= 0.6 is 0 Å². The maximum absolute atomic E-state index is 2.66. The van der Waals surface area contributed by atoms with Crippen molar-refractivity contribution < 1.29 is 0 Å². The molecule has 0 saturated heterocycles. The van der Waals surface area contributed by atoms with Crippen LogP contribution in [0.3, 0.4) is 0 Å². The molecule has 1 aromatic heterocycles. The molecular formula is C70H54N2. The van der Waals surface area contributed by atoms with E-state index in [1.54, 1.807) is 0 Å². The van der Waals surface area contributed by atoms with E-state index in [2.05, 4.69) is 276 Å². The molecule has 344 valence electrons. The van der Waals surface area contributed by atoms with Gasteiger partial charge in [0.05, 0.1) is 11.0 Å². The molecular weight excluding hydrogens is 869 g/mol. The van der Waals surface area contributed by atoms with Crippen LogP contribution in [-0.2, 0) is 0 Å². The Morgan fingerprint density at radius 1 is 0.319 bits per heavy atom. The van der Waals surface area contributed by atoms with Crippen LogP contribution in [0.2, 0.25) is 0 Å². The molecule has 0 amide bonds. The fourth-order valence-corrected chi connectivity index (χ4v) is 11.8. The monoisotopic (exact) mass is 922 g/mol. The van der Waals surface area contributed by atoms with Gasteiger partial charge in [0.15, 0.2) is 0 Å². The lowest BCUT2D eigenvalue weighted by molar-refractivity contribution is 0.392. The van der Waals surface area contributed by atoms with Crippen molar-refractivity contribution in [1.82, 2.24) is 4.57 Å². The Morgan fingerprint density at radius 3 is 1.53 bits per heavy atom. The molecule has 1 aliphatic carbocycles. The summed E-state index contributed by atoms with van der Waals surface area (Å²) >= 11 is 0. The molecule has 1 aliphatic rings. The molecule has 12 aromatic rings. The molecule has 13 rings (SSSR count). The van der Waals surface area contributed by atoms with Crippen LogP contribution in [0, 0.1) is 0 Å². The van der Waals surface area contributed by atoms with Gasteiger partial charge in [-0.15, -0.1) is 0 Å². The van der Waals surface area contributed by atoms with Crippen LogP contribution in [0.4, 0.5) is 11.4 Å². The van der Waals surface area contributed by atoms with Crippen molar-refractivity contribution in [3.05, 3.63) is 272 Å². The summed E-state index contributed by atoms with van der Waals surface area (Å²) in [7, 11) is 0. The second kappa shape index (κ2) is 18.9. The van der Waals surface area contributed by atoms with E-state index in [1.807, 2.05) is 0 Å². The topological polar surface area (TPSA) is 8.17 Å². The lowest BCUT2D eigenvalue weighted by Gasteiger charge is -2.39. The second-order valence-corrected chi connectivity index (χ2v) is 19.5. The van der Waals surface area contributed by atoms with Crippen molar-refractivity contribution in [2.24, 2.45) is 0 Å². The first-order valence-electron chi connectivity index (χ1n) is 25.6. The van der Waals surface area contributed by atoms with E-state index in [9.17, 15) is 0 Å². The average molecular weight is 923 g/mol. The number of fused-ring (bicyclic) bond motifs is 4. The third-order valence-corrected chi connectivity index (χ3v) is 15.3. The summed E-state index contributed by atoms with van der Waals surface area (Å²) in [5.74, 6) is 0.522. The van der Waals surface area contributed by atoms with Crippen molar-refractivity contribution in [1.29, 1.82) is 0 Å². The molecule has 1 saturated carbocycles. The summed E-state index contributed by atoms with van der Waals surface area (Å²) in [6.07, 6.45) is 4.47. The van der Waals surface area contributed by atoms with Crippen molar-refractivity contribution in [3.8, 4) is 61.3 Å². The molecule has 0 atom stereocenters. The lowest BCUT2D eigenvalue weighted by Crippen LogP contribution is -2.34. The van der Waals surface area contributed by atoms with Crippen molar-refractivity contribution in [2.75, 3.05) is 4.90 Å². The fraction of sp³-hybridized carbons (Fsp3) is 0.0857. The summed E-state index contributed by atoms with van der Waals surface area (Å²) in [6.45, 7) is 0. The van der Waals surface area contributed by atoms with Crippen LogP contribution in [0.25, 0.3) is 93.9 Å². The number of nitrogens with zero attached hydrogens (tertiary/aromatic N) is 2. The van der Waals surface area contributed by atoms with Gasteiger partial charge in [0.25, 0.3) is 0 Å². The third-order valence-electron chi connectivity index (χ3n) is 15.3. The van der Waals surface area contributed by atoms with Gasteiger partial charge in [0.1, 0.15) is 0 Å². The Labute approximate surface area is 422 Å². The van der Waals surface area contributed by atoms with Gasteiger partial charge in [-0.25, -0.2) is 0 Å². The minimum atomic E-state index is 0.333. The predicted octanol–water partition coefficient (Wildman–Crippen LogP) is 19.1. The SMILES string of the molecule is c1ccc(-c2cc(-c3ccccc3)cc(-c3ccc(N(c4cccc(-c5cccc6c5c5ccccc5n6-c5ccccc5)c4)C4CCC(c5ccc(-c6cccc7ccccc67)cc5)CC4)cc3)c2)cc1. The van der Waals surface area contributed by atoms with Gasteiger partial charge in [-0.3, -0.25) is 0 Å². The number of aromatic nitrogens is 1. The quantitative estimate of drug-likeness (QED) is 0.133. The van der Waals surface area contributed by atoms with E-state index in [1.165, 1.54) is 111 Å². The highest BCUT2D eigenvalue weighted by molar-refractivity contribution is 6.16. The third kappa shape index (κ3) is 8.15. The average Bonchev–Trinajstić information content (AvgIpc) is 3.81. The number of benzene rings is 11. The Hall–Kier alpha value is -8.72. The van der Waals surface area contributed by atoms with Gasteiger partial charge in [0.2, 0.25) is 0 Å². The first-order valence-corrected chi connectivity index (χ1v) is 25.6. The van der Waals surface area contributed by atoms with E-state index in [4.69, 9.17) is 0 Å². The maximum Gasteiger partial charge on any atom is 0.0547 e. The summed E-state index contributed by atoms with van der Waals surface area (Å²) < 4.78 is 2.42. The first kappa shape index (κ1) is 43.3. The standard InChI is InChI=1S/C70H54N2/c1-4-17-49(18-5-1)57-45-58(50-19-6-2-7-20-50)47-59(46-57)53-39-43-62(44-40-53)71(61-41-37-52(38-42-61)51-33-35-55(36-34-51)65-29-15-22-54-21-10-11-27-64(54)65)63-26-14-23-56(48-63)66-30-16-32-69-70(66)67-28-12-13-31-68(67)72(69)60-24-8-3-9-25-60/h1-36,39-40,43-48,52,61H,37-38,41-42H2. The molecule has 1 heterocycles. The van der Waals surface area contributed by atoms with E-state index < -0.39 is 0 Å². The highest BCUT2D eigenvalue weighted by atomic mass is 15.2. The molecule has 0 bridgehead atoms. The maximum atomic E-state index is 2.66. The van der Waals surface area contributed by atoms with E-state index >= 15 is 0 Å². The van der Waals surface area contributed by atoms with Crippen LogP contribution in [0.15, 0.2) is 267 Å². The van der Waals surface area contributed by atoms with Crippen LogP contribution < -0.4 is 4.90 Å². The van der Waals surface area contributed by atoms with Gasteiger partial charge in [0, 0.05) is 33.9 Å². The van der Waals surface area contributed by atoms with Crippen LogP contribution in [0.5, 0.6) is 0 Å². The van der Waals surface area contributed by atoms with Gasteiger partial charge < -0.3 is 9.47 Å². The Morgan fingerprint density at radius 2 is 0.833 bits per heavy atom. The van der Waals surface area contributed by atoms with Crippen molar-refractivity contribution in [2.45, 2.75) is 37.6 Å². The van der Waals surface area contributed by atoms with Crippen molar-refractivity contribution in [3.63, 3.8) is 0 Å². The summed E-state index contributed by atoms with van der Waals surface area (Å²) in [5.41, 5.74) is 19.8. The van der Waals surface area contributed by atoms with E-state index in [-0.39, 0.29) is 0 Å². The number of para-hydroxylation sites is 2. The first-order chi connectivity index (χ1) is 35.7. The molecule has 2 heteroatoms. The molecule has 0 unspecified atom stereocenters. The predicted molar refractivity (Wildman–Crippen MR) is 305 cm³/mol. The molecule has 0 spiro atoms. The molecule has 1 fully saturated rings. The molecule has 0 radical (unpaired) electrons. The summed E-state index contributed by atoms with van der Waals surface area (Å²) in [5, 5.41) is 5.13. The Balaban J connectivity index is 0.870.